The summed E-state index contributed by atoms with van der Waals surface area (Å²) < 4.78 is 0. The van der Waals surface area contributed by atoms with Crippen molar-refractivity contribution < 1.29 is 4.79 Å². The van der Waals surface area contributed by atoms with Crippen molar-refractivity contribution in [2.75, 3.05) is 49.2 Å². The molecular weight excluding hydrogens is 350 g/mol. The Balaban J connectivity index is 1.24. The van der Waals surface area contributed by atoms with E-state index >= 15 is 0 Å². The average molecular weight is 384 g/mol. The number of hydrogen-bond donors (Lipinski definition) is 1. The number of thioether (sulfide) groups is 2. The fourth-order valence-corrected chi connectivity index (χ4v) is 7.16. The predicted molar refractivity (Wildman–Crippen MR) is 108 cm³/mol. The zero-order chi connectivity index (χ0) is 17.1. The van der Waals surface area contributed by atoms with Gasteiger partial charge in [-0.05, 0) is 58.2 Å². The molecule has 1 N–H and O–H groups in total. The Morgan fingerprint density at radius 3 is 2.24 bits per heavy atom. The molecule has 1 amide bonds. The lowest BCUT2D eigenvalue weighted by molar-refractivity contribution is -0.127. The summed E-state index contributed by atoms with van der Waals surface area (Å²) >= 11 is 4.28. The van der Waals surface area contributed by atoms with Crippen molar-refractivity contribution >= 4 is 29.4 Å². The lowest BCUT2D eigenvalue weighted by atomic mass is 9.93. The third-order valence-electron chi connectivity index (χ3n) is 6.27. The van der Waals surface area contributed by atoms with Gasteiger partial charge in [-0.25, -0.2) is 0 Å². The maximum absolute atomic E-state index is 12.4. The molecule has 0 bridgehead atoms. The molecule has 1 saturated carbocycles. The number of hydrogen-bond acceptors (Lipinski definition) is 5. The molecule has 3 heterocycles. The van der Waals surface area contributed by atoms with Gasteiger partial charge in [0.25, 0.3) is 0 Å². The number of carbonyl (C=O) groups excluding carboxylic acids is 1. The fraction of sp³-hybridized carbons (Fsp3) is 0.947. The lowest BCUT2D eigenvalue weighted by Gasteiger charge is -2.43. The summed E-state index contributed by atoms with van der Waals surface area (Å²) in [5, 5.41) is 3.22. The van der Waals surface area contributed by atoms with Gasteiger partial charge in [-0.3, -0.25) is 14.6 Å². The van der Waals surface area contributed by atoms with E-state index in [1.54, 1.807) is 0 Å². The van der Waals surface area contributed by atoms with E-state index < -0.39 is 0 Å². The number of amides is 1. The predicted octanol–water partition coefficient (Wildman–Crippen LogP) is 2.29. The molecule has 4 aliphatic rings. The van der Waals surface area contributed by atoms with E-state index in [-0.39, 0.29) is 5.92 Å². The first-order chi connectivity index (χ1) is 12.3. The van der Waals surface area contributed by atoms with Crippen molar-refractivity contribution in [3.8, 4) is 0 Å². The smallest absolute Gasteiger partial charge is 0.224 e. The van der Waals surface area contributed by atoms with Gasteiger partial charge in [0, 0.05) is 47.7 Å². The van der Waals surface area contributed by atoms with Crippen LogP contribution < -0.4 is 5.32 Å². The Morgan fingerprint density at radius 2 is 1.56 bits per heavy atom. The molecule has 1 unspecified atom stereocenters. The normalized spacial score (nSPS) is 31.6. The third kappa shape index (κ3) is 5.08. The van der Waals surface area contributed by atoms with Gasteiger partial charge >= 0.3 is 0 Å². The molecule has 1 aliphatic carbocycles. The van der Waals surface area contributed by atoms with Crippen molar-refractivity contribution in [3.05, 3.63) is 0 Å². The second-order valence-corrected chi connectivity index (χ2v) is 10.5. The van der Waals surface area contributed by atoms with Gasteiger partial charge in [0.2, 0.25) is 5.91 Å². The summed E-state index contributed by atoms with van der Waals surface area (Å²) in [4.78, 5) is 17.8. The van der Waals surface area contributed by atoms with Crippen LogP contribution in [0.2, 0.25) is 0 Å². The molecule has 0 spiro atoms. The van der Waals surface area contributed by atoms with E-state index in [9.17, 15) is 4.79 Å². The monoisotopic (exact) mass is 383 g/mol. The van der Waals surface area contributed by atoms with E-state index in [4.69, 9.17) is 0 Å². The van der Waals surface area contributed by atoms with Crippen LogP contribution in [0, 0.1) is 5.92 Å². The van der Waals surface area contributed by atoms with Crippen molar-refractivity contribution in [1.82, 2.24) is 15.1 Å². The summed E-state index contributed by atoms with van der Waals surface area (Å²) in [6, 6.07) is 2.00. The fourth-order valence-electron chi connectivity index (χ4n) is 4.53. The summed E-state index contributed by atoms with van der Waals surface area (Å²) in [5.74, 6) is 5.88. The molecule has 4 rings (SSSR count). The number of piperidine rings is 2. The van der Waals surface area contributed by atoms with Crippen LogP contribution in [0.3, 0.4) is 0 Å². The Hall–Kier alpha value is 0.0900. The minimum atomic E-state index is 0.238. The highest BCUT2D eigenvalue weighted by atomic mass is 32.2. The molecule has 6 heteroatoms. The number of nitrogens with one attached hydrogen (secondary N) is 1. The van der Waals surface area contributed by atoms with Crippen molar-refractivity contribution in [1.29, 1.82) is 0 Å². The van der Waals surface area contributed by atoms with Gasteiger partial charge in [-0.1, -0.05) is 0 Å². The standard InChI is InChI=1S/C19H33N3OS2/c23-19(20-16-3-4-16)15-2-1-7-22(12-15)17-5-8-21(9-6-17)18-13-24-10-11-25-14-18/h15-18H,1-14H2,(H,20,23). The number of nitrogens with zero attached hydrogens (tertiary/aromatic N) is 2. The van der Waals surface area contributed by atoms with E-state index in [0.29, 0.717) is 18.0 Å². The Bertz CT molecular complexity index is 444. The molecule has 0 aromatic heterocycles. The highest BCUT2D eigenvalue weighted by Crippen LogP contribution is 2.28. The molecule has 0 aromatic rings. The van der Waals surface area contributed by atoms with E-state index in [2.05, 4.69) is 38.6 Å². The van der Waals surface area contributed by atoms with E-state index in [0.717, 1.165) is 19.0 Å². The van der Waals surface area contributed by atoms with Crippen LogP contribution in [0.4, 0.5) is 0 Å². The van der Waals surface area contributed by atoms with Crippen LogP contribution in [0.25, 0.3) is 0 Å². The first-order valence-corrected chi connectivity index (χ1v) is 12.5. The van der Waals surface area contributed by atoms with Crippen molar-refractivity contribution in [3.63, 3.8) is 0 Å². The molecule has 4 nitrogen and oxygen atoms in total. The van der Waals surface area contributed by atoms with E-state index in [1.807, 2.05) is 0 Å². The molecule has 3 saturated heterocycles. The molecule has 142 valence electrons. The van der Waals surface area contributed by atoms with Gasteiger partial charge in [0.05, 0.1) is 5.92 Å². The minimum Gasteiger partial charge on any atom is -0.353 e. The molecule has 0 aromatic carbocycles. The maximum atomic E-state index is 12.4. The van der Waals surface area contributed by atoms with Crippen LogP contribution in [0.15, 0.2) is 0 Å². The van der Waals surface area contributed by atoms with Crippen molar-refractivity contribution in [2.45, 2.75) is 56.7 Å². The quantitative estimate of drug-likeness (QED) is 0.806. The Labute approximate surface area is 161 Å². The molecule has 4 fully saturated rings. The Kier molecular flexibility index (Phi) is 6.53. The topological polar surface area (TPSA) is 35.6 Å². The highest BCUT2D eigenvalue weighted by molar-refractivity contribution is 8.03. The number of rotatable bonds is 4. The first-order valence-electron chi connectivity index (χ1n) is 10.2. The highest BCUT2D eigenvalue weighted by Gasteiger charge is 2.34. The van der Waals surface area contributed by atoms with Crippen LogP contribution >= 0.6 is 23.5 Å². The van der Waals surface area contributed by atoms with Crippen LogP contribution in [0.1, 0.15) is 38.5 Å². The van der Waals surface area contributed by atoms with Crippen LogP contribution in [0.5, 0.6) is 0 Å². The summed E-state index contributed by atoms with van der Waals surface area (Å²) in [6.45, 7) is 4.71. The summed E-state index contributed by atoms with van der Waals surface area (Å²) in [7, 11) is 0. The average Bonchev–Trinajstić information content (AvgIpc) is 3.49. The Morgan fingerprint density at radius 1 is 0.840 bits per heavy atom. The zero-order valence-corrected chi connectivity index (χ0v) is 17.0. The van der Waals surface area contributed by atoms with Gasteiger partial charge in [-0.15, -0.1) is 0 Å². The largest absolute Gasteiger partial charge is 0.353 e. The van der Waals surface area contributed by atoms with Crippen LogP contribution in [-0.2, 0) is 4.79 Å². The second-order valence-electron chi connectivity index (χ2n) is 8.19. The maximum Gasteiger partial charge on any atom is 0.224 e. The molecule has 3 aliphatic heterocycles. The molecule has 1 atom stereocenters. The van der Waals surface area contributed by atoms with Crippen molar-refractivity contribution in [2.24, 2.45) is 5.92 Å². The number of carbonyl (C=O) groups is 1. The third-order valence-corrected chi connectivity index (χ3v) is 8.76. The minimum absolute atomic E-state index is 0.238. The molecule has 25 heavy (non-hydrogen) atoms. The second kappa shape index (κ2) is 8.85. The van der Waals surface area contributed by atoms with Gasteiger partial charge < -0.3 is 5.32 Å². The molecule has 0 radical (unpaired) electrons. The molecular formula is C19H33N3OS2. The van der Waals surface area contributed by atoms with E-state index in [1.165, 1.54) is 74.7 Å². The van der Waals surface area contributed by atoms with Crippen LogP contribution in [-0.4, -0.2) is 83.0 Å². The zero-order valence-electron chi connectivity index (χ0n) is 15.3. The summed E-state index contributed by atoms with van der Waals surface area (Å²) in [5.41, 5.74) is 0. The van der Waals surface area contributed by atoms with Gasteiger partial charge in [-0.2, -0.15) is 23.5 Å². The first kappa shape index (κ1) is 18.5. The van der Waals surface area contributed by atoms with Gasteiger partial charge in [0.15, 0.2) is 0 Å². The van der Waals surface area contributed by atoms with Gasteiger partial charge in [0.1, 0.15) is 0 Å². The SMILES string of the molecule is O=C(NC1CC1)C1CCCN(C2CCN(C3CSCCSC3)CC2)C1. The number of likely N-dealkylation sites (tertiary alicyclic amines) is 2. The lowest BCUT2D eigenvalue weighted by Crippen LogP contribution is -2.53. The summed E-state index contributed by atoms with van der Waals surface area (Å²) in [6.07, 6.45) is 7.26.